The normalized spacial score (nSPS) is 13.9. The molecule has 5 rings (SSSR count). The van der Waals surface area contributed by atoms with Gasteiger partial charge in [-0.15, -0.1) is 0 Å². The van der Waals surface area contributed by atoms with Gasteiger partial charge in [0, 0.05) is 36.1 Å². The number of rotatable bonds is 4. The molecule has 2 N–H and O–H groups in total. The highest BCUT2D eigenvalue weighted by atomic mass is 35.5. The summed E-state index contributed by atoms with van der Waals surface area (Å²) in [6, 6.07) is 7.88. The van der Waals surface area contributed by atoms with Crippen molar-refractivity contribution in [1.82, 2.24) is 29.6 Å². The van der Waals surface area contributed by atoms with Crippen molar-refractivity contribution in [2.75, 3.05) is 11.9 Å². The Morgan fingerprint density at radius 3 is 2.69 bits per heavy atom. The molecule has 4 aromatic rings. The van der Waals surface area contributed by atoms with Gasteiger partial charge in [0.1, 0.15) is 5.39 Å². The molecule has 0 fully saturated rings. The summed E-state index contributed by atoms with van der Waals surface area (Å²) in [7, 11) is 0. The number of anilines is 2. The lowest BCUT2D eigenvalue weighted by Crippen LogP contribution is -2.24. The van der Waals surface area contributed by atoms with Gasteiger partial charge >= 0.3 is 0 Å². The summed E-state index contributed by atoms with van der Waals surface area (Å²) < 4.78 is 3.58. The number of halogens is 1. The van der Waals surface area contributed by atoms with Crippen LogP contribution in [0.15, 0.2) is 41.5 Å². The van der Waals surface area contributed by atoms with Crippen LogP contribution in [0, 0.1) is 0 Å². The van der Waals surface area contributed by atoms with Crippen molar-refractivity contribution in [2.45, 2.75) is 59.0 Å². The predicted molar refractivity (Wildman–Crippen MR) is 140 cm³/mol. The Bertz CT molecular complexity index is 1480. The monoisotopic (exact) mass is 491 g/mol. The maximum Gasteiger partial charge on any atom is 0.278 e. The molecule has 182 valence electrons. The van der Waals surface area contributed by atoms with Crippen molar-refractivity contribution < 1.29 is 0 Å². The van der Waals surface area contributed by atoms with Crippen LogP contribution in [0.5, 0.6) is 0 Å². The summed E-state index contributed by atoms with van der Waals surface area (Å²) in [5, 5.41) is 7.73. The van der Waals surface area contributed by atoms with Crippen LogP contribution >= 0.6 is 11.6 Å². The SMILES string of the molecule is CC(C)n1c(=O)c2cnc(Nc3cc4c(cc3Cl)CCNC4)nc2n1-c1ccnc(C(C)(C)C)c1. The van der Waals surface area contributed by atoms with Crippen LogP contribution in [0.25, 0.3) is 16.7 Å². The van der Waals surface area contributed by atoms with Crippen LogP contribution < -0.4 is 16.2 Å². The predicted octanol–water partition coefficient (Wildman–Crippen LogP) is 4.90. The molecule has 1 aliphatic heterocycles. The minimum absolute atomic E-state index is 0.0815. The molecule has 9 heteroatoms. The summed E-state index contributed by atoms with van der Waals surface area (Å²) in [5.74, 6) is 0.378. The summed E-state index contributed by atoms with van der Waals surface area (Å²) >= 11 is 6.58. The third-order valence-corrected chi connectivity index (χ3v) is 6.60. The molecule has 0 saturated heterocycles. The highest BCUT2D eigenvalue weighted by Crippen LogP contribution is 2.30. The van der Waals surface area contributed by atoms with Gasteiger partial charge in [-0.05, 0) is 62.2 Å². The van der Waals surface area contributed by atoms with Gasteiger partial charge in [0.15, 0.2) is 5.65 Å². The fraction of sp³-hybridized carbons (Fsp3) is 0.385. The molecule has 35 heavy (non-hydrogen) atoms. The lowest BCUT2D eigenvalue weighted by Gasteiger charge is -2.20. The minimum atomic E-state index is -0.137. The Morgan fingerprint density at radius 1 is 1.14 bits per heavy atom. The lowest BCUT2D eigenvalue weighted by molar-refractivity contribution is 0.474. The van der Waals surface area contributed by atoms with Gasteiger partial charge in [0.25, 0.3) is 5.56 Å². The zero-order valence-electron chi connectivity index (χ0n) is 20.7. The van der Waals surface area contributed by atoms with E-state index >= 15 is 0 Å². The average Bonchev–Trinajstić information content (AvgIpc) is 3.11. The van der Waals surface area contributed by atoms with E-state index in [2.05, 4.69) is 41.4 Å². The molecular formula is C26H30ClN7O. The van der Waals surface area contributed by atoms with Crippen LogP contribution in [0.1, 0.15) is 57.5 Å². The third kappa shape index (κ3) is 4.32. The molecule has 4 heterocycles. The number of nitrogens with zero attached hydrogens (tertiary/aromatic N) is 5. The van der Waals surface area contributed by atoms with E-state index in [1.165, 1.54) is 11.1 Å². The molecule has 0 amide bonds. The van der Waals surface area contributed by atoms with Gasteiger partial charge in [-0.3, -0.25) is 9.78 Å². The second kappa shape index (κ2) is 8.77. The van der Waals surface area contributed by atoms with Crippen molar-refractivity contribution in [1.29, 1.82) is 0 Å². The van der Waals surface area contributed by atoms with Crippen molar-refractivity contribution in [2.24, 2.45) is 0 Å². The van der Waals surface area contributed by atoms with E-state index in [1.807, 2.05) is 42.8 Å². The van der Waals surface area contributed by atoms with E-state index in [-0.39, 0.29) is 17.0 Å². The van der Waals surface area contributed by atoms with Gasteiger partial charge in [-0.2, -0.15) is 4.98 Å². The first kappa shape index (κ1) is 23.5. The van der Waals surface area contributed by atoms with Crippen LogP contribution in [0.4, 0.5) is 11.6 Å². The second-order valence-corrected chi connectivity index (χ2v) is 10.7. The first-order chi connectivity index (χ1) is 16.6. The quantitative estimate of drug-likeness (QED) is 0.422. The Hall–Kier alpha value is -3.23. The minimum Gasteiger partial charge on any atom is -0.323 e. The van der Waals surface area contributed by atoms with Gasteiger partial charge in [0.05, 0.1) is 16.4 Å². The molecule has 0 bridgehead atoms. The fourth-order valence-corrected chi connectivity index (χ4v) is 4.69. The molecule has 0 unspecified atom stereocenters. The van der Waals surface area contributed by atoms with E-state index in [0.717, 1.165) is 36.6 Å². The summed E-state index contributed by atoms with van der Waals surface area (Å²) in [6.07, 6.45) is 4.32. The molecule has 0 aliphatic carbocycles. The summed E-state index contributed by atoms with van der Waals surface area (Å²) in [4.78, 5) is 27.1. The molecule has 8 nitrogen and oxygen atoms in total. The standard InChI is InChI=1S/C26H30ClN7O/c1-15(2)33-24(35)19-14-30-25(31-21-11-17-13-28-8-6-16(17)10-20(21)27)32-23(19)34(33)18-7-9-29-22(12-18)26(3,4)5/h7,9-12,14-15,28H,6,8,13H2,1-5H3,(H,30,31,32). The first-order valence-corrected chi connectivity index (χ1v) is 12.3. The molecule has 0 saturated carbocycles. The molecule has 1 aromatic carbocycles. The Kier molecular flexibility index (Phi) is 5.89. The smallest absolute Gasteiger partial charge is 0.278 e. The zero-order chi connectivity index (χ0) is 24.9. The van der Waals surface area contributed by atoms with E-state index in [1.54, 1.807) is 17.1 Å². The van der Waals surface area contributed by atoms with E-state index < -0.39 is 0 Å². The van der Waals surface area contributed by atoms with Gasteiger partial charge in [-0.25, -0.2) is 14.3 Å². The van der Waals surface area contributed by atoms with Crippen LogP contribution in [0.3, 0.4) is 0 Å². The van der Waals surface area contributed by atoms with Gasteiger partial charge in [-0.1, -0.05) is 32.4 Å². The molecule has 0 radical (unpaired) electrons. The molecule has 1 aliphatic rings. The Balaban J connectivity index is 1.65. The number of nitrogens with one attached hydrogen (secondary N) is 2. The average molecular weight is 492 g/mol. The number of hydrogen-bond donors (Lipinski definition) is 2. The van der Waals surface area contributed by atoms with Crippen molar-refractivity contribution in [3.05, 3.63) is 68.9 Å². The number of hydrogen-bond acceptors (Lipinski definition) is 6. The number of aromatic nitrogens is 5. The lowest BCUT2D eigenvalue weighted by atomic mass is 9.91. The highest BCUT2D eigenvalue weighted by molar-refractivity contribution is 6.33. The topological polar surface area (TPSA) is 89.7 Å². The Morgan fingerprint density at radius 2 is 1.94 bits per heavy atom. The third-order valence-electron chi connectivity index (χ3n) is 6.29. The van der Waals surface area contributed by atoms with Gasteiger partial charge < -0.3 is 10.6 Å². The van der Waals surface area contributed by atoms with E-state index in [4.69, 9.17) is 16.6 Å². The Labute approximate surface area is 209 Å². The maximum atomic E-state index is 13.3. The fourth-order valence-electron chi connectivity index (χ4n) is 4.45. The molecule has 0 atom stereocenters. The van der Waals surface area contributed by atoms with Crippen LogP contribution in [-0.2, 0) is 18.4 Å². The molecular weight excluding hydrogens is 462 g/mol. The van der Waals surface area contributed by atoms with Gasteiger partial charge in [0.2, 0.25) is 5.95 Å². The number of benzene rings is 1. The summed E-state index contributed by atoms with van der Waals surface area (Å²) in [5.41, 5.74) is 5.22. The van der Waals surface area contributed by atoms with Crippen molar-refractivity contribution in [3.8, 4) is 5.69 Å². The van der Waals surface area contributed by atoms with Crippen LogP contribution in [-0.4, -0.2) is 30.9 Å². The van der Waals surface area contributed by atoms with Crippen molar-refractivity contribution >= 4 is 34.3 Å². The number of fused-ring (bicyclic) bond motifs is 2. The maximum absolute atomic E-state index is 13.3. The van der Waals surface area contributed by atoms with E-state index in [0.29, 0.717) is 22.0 Å². The number of pyridine rings is 1. The zero-order valence-corrected chi connectivity index (χ0v) is 21.4. The summed E-state index contributed by atoms with van der Waals surface area (Å²) in [6.45, 7) is 12.1. The molecule has 0 spiro atoms. The highest BCUT2D eigenvalue weighted by Gasteiger charge is 2.22. The van der Waals surface area contributed by atoms with E-state index in [9.17, 15) is 4.79 Å². The molecule has 3 aromatic heterocycles. The largest absolute Gasteiger partial charge is 0.323 e. The van der Waals surface area contributed by atoms with Crippen molar-refractivity contribution in [3.63, 3.8) is 0 Å². The second-order valence-electron chi connectivity index (χ2n) is 10.3. The van der Waals surface area contributed by atoms with Crippen LogP contribution in [0.2, 0.25) is 5.02 Å². The first-order valence-electron chi connectivity index (χ1n) is 11.9.